The van der Waals surface area contributed by atoms with Crippen LogP contribution in [-0.4, -0.2) is 38.6 Å². The topological polar surface area (TPSA) is 95.9 Å². The largest absolute Gasteiger partial charge is 0.465 e. The molecule has 1 atom stereocenters. The number of aryl methyl sites for hydroxylation is 1. The second kappa shape index (κ2) is 10.3. The number of halogens is 1. The van der Waals surface area contributed by atoms with Crippen molar-refractivity contribution in [3.8, 4) is 11.3 Å². The zero-order chi connectivity index (χ0) is 25.0. The van der Waals surface area contributed by atoms with Crippen molar-refractivity contribution in [3.63, 3.8) is 0 Å². The van der Waals surface area contributed by atoms with Gasteiger partial charge in [0.05, 0.1) is 12.9 Å². The maximum Gasteiger partial charge on any atom is 0.317 e. The molecule has 0 aliphatic carbocycles. The molecule has 0 saturated carbocycles. The van der Waals surface area contributed by atoms with E-state index in [0.29, 0.717) is 35.3 Å². The van der Waals surface area contributed by atoms with Crippen molar-refractivity contribution in [3.05, 3.63) is 78.1 Å². The van der Waals surface area contributed by atoms with E-state index in [1.807, 2.05) is 48.7 Å². The number of ether oxygens (including phenoxy) is 1. The van der Waals surface area contributed by atoms with Gasteiger partial charge in [-0.3, -0.25) is 4.79 Å². The van der Waals surface area contributed by atoms with Crippen LogP contribution in [0.1, 0.15) is 44.4 Å². The van der Waals surface area contributed by atoms with Gasteiger partial charge in [-0.25, -0.2) is 19.3 Å². The molecular formula is C27H30FN5O2. The van der Waals surface area contributed by atoms with Gasteiger partial charge in [-0.05, 0) is 57.4 Å². The lowest BCUT2D eigenvalue weighted by atomic mass is 9.75. The maximum absolute atomic E-state index is 15.4. The zero-order valence-electron chi connectivity index (χ0n) is 20.2. The molecule has 2 aromatic carbocycles. The van der Waals surface area contributed by atoms with E-state index in [1.54, 1.807) is 25.4 Å². The molecule has 0 amide bonds. The normalized spacial score (nSPS) is 13.2. The SMILES string of the molecule is CCOC(=O)C(CN)(CCc1ccccc1)c1cc(-c2ncnc3c2ncn3C(C)C)ccc1F. The highest BCUT2D eigenvalue weighted by molar-refractivity contribution is 5.89. The van der Waals surface area contributed by atoms with E-state index in [2.05, 4.69) is 15.0 Å². The predicted molar refractivity (Wildman–Crippen MR) is 133 cm³/mol. The molecule has 35 heavy (non-hydrogen) atoms. The van der Waals surface area contributed by atoms with E-state index in [9.17, 15) is 4.79 Å². The summed E-state index contributed by atoms with van der Waals surface area (Å²) in [5.41, 5.74) is 8.58. The number of nitrogens with two attached hydrogens (primary N) is 1. The number of fused-ring (bicyclic) bond motifs is 1. The molecule has 0 aliphatic rings. The molecule has 0 fully saturated rings. The summed E-state index contributed by atoms with van der Waals surface area (Å²) in [4.78, 5) is 26.7. The monoisotopic (exact) mass is 475 g/mol. The van der Waals surface area contributed by atoms with Gasteiger partial charge in [-0.1, -0.05) is 30.3 Å². The lowest BCUT2D eigenvalue weighted by molar-refractivity contribution is -0.150. The van der Waals surface area contributed by atoms with Gasteiger partial charge < -0.3 is 15.0 Å². The number of imidazole rings is 1. The minimum absolute atomic E-state index is 0.0970. The molecule has 0 saturated heterocycles. The molecule has 0 aliphatic heterocycles. The van der Waals surface area contributed by atoms with Crippen molar-refractivity contribution in [2.24, 2.45) is 5.73 Å². The van der Waals surface area contributed by atoms with Crippen molar-refractivity contribution in [2.75, 3.05) is 13.2 Å². The second-order valence-electron chi connectivity index (χ2n) is 8.83. The molecule has 2 N–H and O–H groups in total. The van der Waals surface area contributed by atoms with Crippen molar-refractivity contribution in [2.45, 2.75) is 45.1 Å². The molecule has 8 heteroatoms. The lowest BCUT2D eigenvalue weighted by Gasteiger charge is -2.31. The Morgan fingerprint density at radius 2 is 1.91 bits per heavy atom. The first-order valence-corrected chi connectivity index (χ1v) is 11.8. The average molecular weight is 476 g/mol. The summed E-state index contributed by atoms with van der Waals surface area (Å²) >= 11 is 0. The molecule has 0 bridgehead atoms. The van der Waals surface area contributed by atoms with E-state index in [4.69, 9.17) is 10.5 Å². The number of hydrogen-bond donors (Lipinski definition) is 1. The first kappa shape index (κ1) is 24.5. The lowest BCUT2D eigenvalue weighted by Crippen LogP contribution is -2.45. The van der Waals surface area contributed by atoms with Crippen molar-refractivity contribution < 1.29 is 13.9 Å². The van der Waals surface area contributed by atoms with E-state index < -0.39 is 17.2 Å². The van der Waals surface area contributed by atoms with Crippen LogP contribution in [-0.2, 0) is 21.4 Å². The third-order valence-electron chi connectivity index (χ3n) is 6.37. The summed E-state index contributed by atoms with van der Waals surface area (Å²) in [5, 5.41) is 0. The van der Waals surface area contributed by atoms with Crippen molar-refractivity contribution >= 4 is 17.1 Å². The first-order valence-electron chi connectivity index (χ1n) is 11.8. The van der Waals surface area contributed by atoms with Crippen LogP contribution in [0.4, 0.5) is 4.39 Å². The summed E-state index contributed by atoms with van der Waals surface area (Å²) in [6, 6.07) is 14.5. The van der Waals surface area contributed by atoms with Crippen molar-refractivity contribution in [1.82, 2.24) is 19.5 Å². The highest BCUT2D eigenvalue weighted by atomic mass is 19.1. The van der Waals surface area contributed by atoms with Crippen LogP contribution in [0, 0.1) is 5.82 Å². The molecule has 0 spiro atoms. The minimum atomic E-state index is -1.35. The Bertz CT molecular complexity index is 1320. The number of esters is 1. The quantitative estimate of drug-likeness (QED) is 0.355. The minimum Gasteiger partial charge on any atom is -0.465 e. The summed E-state index contributed by atoms with van der Waals surface area (Å²) in [6.45, 7) is 5.89. The Labute approximate surface area is 204 Å². The first-order chi connectivity index (χ1) is 16.9. The molecule has 182 valence electrons. The van der Waals surface area contributed by atoms with Gasteiger partial charge in [0.1, 0.15) is 28.8 Å². The van der Waals surface area contributed by atoms with Gasteiger partial charge in [0.25, 0.3) is 0 Å². The molecule has 0 radical (unpaired) electrons. The van der Waals surface area contributed by atoms with Crippen LogP contribution >= 0.6 is 0 Å². The van der Waals surface area contributed by atoms with Gasteiger partial charge in [0.15, 0.2) is 5.65 Å². The number of hydrogen-bond acceptors (Lipinski definition) is 6. The molecule has 1 unspecified atom stereocenters. The number of carbonyl (C=O) groups is 1. The van der Waals surface area contributed by atoms with Crippen LogP contribution < -0.4 is 5.73 Å². The predicted octanol–water partition coefficient (Wildman–Crippen LogP) is 4.61. The standard InChI is InChI=1S/C27H30FN5O2/c1-4-35-26(34)27(15-29,13-12-19-8-6-5-7-9-19)21-14-20(10-11-22(21)28)23-24-25(31-16-30-23)33(17-32-24)18(2)3/h5-11,14,16-18H,4,12-13,15,29H2,1-3H3. The Balaban J connectivity index is 1.83. The number of rotatable bonds is 9. The smallest absolute Gasteiger partial charge is 0.317 e. The summed E-state index contributed by atoms with van der Waals surface area (Å²) in [6.07, 6.45) is 4.03. The Morgan fingerprint density at radius 1 is 1.14 bits per heavy atom. The Kier molecular flexibility index (Phi) is 7.21. The van der Waals surface area contributed by atoms with E-state index in [1.165, 1.54) is 12.4 Å². The van der Waals surface area contributed by atoms with Crippen LogP contribution in [0.3, 0.4) is 0 Å². The second-order valence-corrected chi connectivity index (χ2v) is 8.83. The maximum atomic E-state index is 15.4. The fourth-order valence-corrected chi connectivity index (χ4v) is 4.39. The summed E-state index contributed by atoms with van der Waals surface area (Å²) in [7, 11) is 0. The summed E-state index contributed by atoms with van der Waals surface area (Å²) < 4.78 is 22.8. The fraction of sp³-hybridized carbons (Fsp3) is 0.333. The Morgan fingerprint density at radius 3 is 2.60 bits per heavy atom. The summed E-state index contributed by atoms with van der Waals surface area (Å²) in [5.74, 6) is -1.05. The number of benzene rings is 2. The van der Waals surface area contributed by atoms with Crippen LogP contribution in [0.25, 0.3) is 22.4 Å². The molecule has 7 nitrogen and oxygen atoms in total. The van der Waals surface area contributed by atoms with Gasteiger partial charge in [-0.15, -0.1) is 0 Å². The third kappa shape index (κ3) is 4.66. The van der Waals surface area contributed by atoms with Gasteiger partial charge in [0, 0.05) is 23.7 Å². The molecule has 2 aromatic heterocycles. The highest BCUT2D eigenvalue weighted by Gasteiger charge is 2.42. The van der Waals surface area contributed by atoms with Crippen LogP contribution in [0.5, 0.6) is 0 Å². The van der Waals surface area contributed by atoms with Gasteiger partial charge in [0.2, 0.25) is 0 Å². The number of nitrogens with zero attached hydrogens (tertiary/aromatic N) is 4. The van der Waals surface area contributed by atoms with Gasteiger partial charge in [-0.2, -0.15) is 0 Å². The van der Waals surface area contributed by atoms with Gasteiger partial charge >= 0.3 is 5.97 Å². The molecular weight excluding hydrogens is 445 g/mol. The number of aromatic nitrogens is 4. The third-order valence-corrected chi connectivity index (χ3v) is 6.37. The molecule has 2 heterocycles. The van der Waals surface area contributed by atoms with Crippen LogP contribution in [0.15, 0.2) is 61.2 Å². The highest BCUT2D eigenvalue weighted by Crippen LogP contribution is 2.36. The zero-order valence-corrected chi connectivity index (χ0v) is 20.2. The van der Waals surface area contributed by atoms with E-state index >= 15 is 4.39 Å². The fourth-order valence-electron chi connectivity index (χ4n) is 4.39. The Hall–Kier alpha value is -3.65. The molecule has 4 aromatic rings. The van der Waals surface area contributed by atoms with E-state index in [-0.39, 0.29) is 24.8 Å². The molecule has 4 rings (SSSR count). The average Bonchev–Trinajstić information content (AvgIpc) is 3.31. The van der Waals surface area contributed by atoms with Crippen molar-refractivity contribution in [1.29, 1.82) is 0 Å². The van der Waals surface area contributed by atoms with E-state index in [0.717, 1.165) is 5.56 Å². The number of carbonyl (C=O) groups excluding carboxylic acids is 1. The van der Waals surface area contributed by atoms with Crippen LogP contribution in [0.2, 0.25) is 0 Å².